The number of piperazine rings is 1. The lowest BCUT2D eigenvalue weighted by atomic mass is 9.96. The lowest BCUT2D eigenvalue weighted by Gasteiger charge is -2.44. The summed E-state index contributed by atoms with van der Waals surface area (Å²) in [5.74, 6) is 0.531. The van der Waals surface area contributed by atoms with Gasteiger partial charge in [0.1, 0.15) is 0 Å². The summed E-state index contributed by atoms with van der Waals surface area (Å²) in [6.45, 7) is 3.88. The van der Waals surface area contributed by atoms with Crippen molar-refractivity contribution < 1.29 is 14.6 Å². The monoisotopic (exact) mass is 388 g/mol. The molecule has 1 aromatic carbocycles. The number of phenols is 1. The van der Waals surface area contributed by atoms with E-state index in [0.717, 1.165) is 43.8 Å². The second kappa shape index (κ2) is 8.17. The highest BCUT2D eigenvalue weighted by atomic mass is 16.5. The number of benzene rings is 1. The van der Waals surface area contributed by atoms with Gasteiger partial charge in [0.2, 0.25) is 0 Å². The normalized spacial score (nSPS) is 28.4. The smallest absolute Gasteiger partial charge is 0.317 e. The SMILES string of the molecule is COc1ccc(CNC(=O)N2CCN(C3CC4CCC(C3)N4C)CC2)cc1O. The number of urea groups is 1. The zero-order valence-electron chi connectivity index (χ0n) is 16.9. The molecule has 1 aromatic rings. The second-order valence-electron chi connectivity index (χ2n) is 8.36. The van der Waals surface area contributed by atoms with Crippen LogP contribution in [-0.4, -0.2) is 84.3 Å². The van der Waals surface area contributed by atoms with Crippen LogP contribution in [0.4, 0.5) is 4.79 Å². The van der Waals surface area contributed by atoms with E-state index in [1.165, 1.54) is 32.8 Å². The molecule has 0 saturated carbocycles. The van der Waals surface area contributed by atoms with E-state index >= 15 is 0 Å². The lowest BCUT2D eigenvalue weighted by molar-refractivity contribution is 0.0476. The summed E-state index contributed by atoms with van der Waals surface area (Å²) in [6, 6.07) is 7.36. The number of nitrogens with zero attached hydrogens (tertiary/aromatic N) is 3. The fourth-order valence-corrected chi connectivity index (χ4v) is 5.11. The van der Waals surface area contributed by atoms with Crippen molar-refractivity contribution in [3.8, 4) is 11.5 Å². The van der Waals surface area contributed by atoms with E-state index in [9.17, 15) is 9.90 Å². The van der Waals surface area contributed by atoms with Gasteiger partial charge in [0.15, 0.2) is 11.5 Å². The molecule has 2 amide bonds. The van der Waals surface area contributed by atoms with E-state index in [0.29, 0.717) is 18.3 Å². The van der Waals surface area contributed by atoms with E-state index in [-0.39, 0.29) is 11.8 Å². The molecular weight excluding hydrogens is 356 g/mol. The number of methoxy groups -OCH3 is 1. The number of aromatic hydroxyl groups is 1. The van der Waals surface area contributed by atoms with Crippen LogP contribution in [0.2, 0.25) is 0 Å². The molecule has 2 bridgehead atoms. The summed E-state index contributed by atoms with van der Waals surface area (Å²) in [5, 5.41) is 12.8. The minimum absolute atomic E-state index is 0.0293. The topological polar surface area (TPSA) is 68.3 Å². The van der Waals surface area contributed by atoms with Gasteiger partial charge in [-0.2, -0.15) is 0 Å². The van der Waals surface area contributed by atoms with Crippen LogP contribution in [0, 0.1) is 0 Å². The molecule has 3 aliphatic heterocycles. The fraction of sp³-hybridized carbons (Fsp3) is 0.667. The van der Waals surface area contributed by atoms with Crippen molar-refractivity contribution in [1.82, 2.24) is 20.0 Å². The standard InChI is InChI=1S/C21H32N4O3/c1-23-16-4-5-17(23)13-18(12-16)24-7-9-25(10-8-24)21(27)22-14-15-3-6-20(28-2)19(26)11-15/h3,6,11,16-18,26H,4-5,7-10,12-14H2,1-2H3,(H,22,27). The number of carbonyl (C=O) groups is 1. The fourth-order valence-electron chi connectivity index (χ4n) is 5.11. The Kier molecular flexibility index (Phi) is 5.64. The van der Waals surface area contributed by atoms with Gasteiger partial charge in [-0.05, 0) is 50.4 Å². The predicted octanol–water partition coefficient (Wildman–Crippen LogP) is 1.85. The average Bonchev–Trinajstić information content (AvgIpc) is 2.92. The number of rotatable bonds is 4. The lowest BCUT2D eigenvalue weighted by Crippen LogP contribution is -2.57. The van der Waals surface area contributed by atoms with Crippen molar-refractivity contribution >= 4 is 6.03 Å². The van der Waals surface area contributed by atoms with Crippen LogP contribution in [0.25, 0.3) is 0 Å². The minimum atomic E-state index is -0.0293. The van der Waals surface area contributed by atoms with Gasteiger partial charge in [-0.25, -0.2) is 4.79 Å². The number of carbonyl (C=O) groups excluding carboxylic acids is 1. The Labute approximate surface area is 167 Å². The Morgan fingerprint density at radius 1 is 1.14 bits per heavy atom. The first-order valence-corrected chi connectivity index (χ1v) is 10.4. The molecule has 28 heavy (non-hydrogen) atoms. The number of hydrogen-bond donors (Lipinski definition) is 2. The van der Waals surface area contributed by atoms with Crippen LogP contribution in [0.15, 0.2) is 18.2 Å². The van der Waals surface area contributed by atoms with E-state index in [1.807, 2.05) is 11.0 Å². The Morgan fingerprint density at radius 2 is 1.82 bits per heavy atom. The van der Waals surface area contributed by atoms with E-state index in [1.54, 1.807) is 12.1 Å². The number of phenolic OH excluding ortho intramolecular Hbond substituents is 1. The molecule has 154 valence electrons. The summed E-state index contributed by atoms with van der Waals surface area (Å²) in [6.07, 6.45) is 5.25. The number of piperidine rings is 1. The number of nitrogens with one attached hydrogen (secondary N) is 1. The first-order valence-electron chi connectivity index (χ1n) is 10.4. The maximum Gasteiger partial charge on any atom is 0.317 e. The second-order valence-corrected chi connectivity index (χ2v) is 8.36. The van der Waals surface area contributed by atoms with Gasteiger partial charge in [0.25, 0.3) is 0 Å². The van der Waals surface area contributed by atoms with Crippen LogP contribution in [0.3, 0.4) is 0 Å². The molecule has 0 aromatic heterocycles. The zero-order valence-corrected chi connectivity index (χ0v) is 16.9. The van der Waals surface area contributed by atoms with Crippen LogP contribution in [0.1, 0.15) is 31.2 Å². The summed E-state index contributed by atoms with van der Waals surface area (Å²) in [5.41, 5.74) is 0.854. The van der Waals surface area contributed by atoms with E-state index in [2.05, 4.69) is 22.2 Å². The quantitative estimate of drug-likeness (QED) is 0.824. The van der Waals surface area contributed by atoms with Crippen molar-refractivity contribution in [3.05, 3.63) is 23.8 Å². The highest BCUT2D eigenvalue weighted by Gasteiger charge is 2.40. The van der Waals surface area contributed by atoms with Gasteiger partial charge >= 0.3 is 6.03 Å². The summed E-state index contributed by atoms with van der Waals surface area (Å²) in [7, 11) is 3.80. The molecular formula is C21H32N4O3. The van der Waals surface area contributed by atoms with Crippen LogP contribution >= 0.6 is 0 Å². The molecule has 3 aliphatic rings. The molecule has 4 rings (SSSR count). The molecule has 3 heterocycles. The molecule has 3 fully saturated rings. The summed E-state index contributed by atoms with van der Waals surface area (Å²) < 4.78 is 5.05. The highest BCUT2D eigenvalue weighted by Crippen LogP contribution is 2.36. The first-order chi connectivity index (χ1) is 13.5. The van der Waals surface area contributed by atoms with E-state index < -0.39 is 0 Å². The third-order valence-corrected chi connectivity index (χ3v) is 6.88. The van der Waals surface area contributed by atoms with Crippen LogP contribution in [-0.2, 0) is 6.54 Å². The molecule has 0 aliphatic carbocycles. The Morgan fingerprint density at radius 3 is 2.43 bits per heavy atom. The van der Waals surface area contributed by atoms with Gasteiger partial charge in [-0.1, -0.05) is 6.07 Å². The Hall–Kier alpha value is -1.99. The van der Waals surface area contributed by atoms with Crippen molar-refractivity contribution in [3.63, 3.8) is 0 Å². The molecule has 2 atom stereocenters. The van der Waals surface area contributed by atoms with Crippen molar-refractivity contribution in [1.29, 1.82) is 0 Å². The number of amides is 2. The number of fused-ring (bicyclic) bond motifs is 2. The highest BCUT2D eigenvalue weighted by molar-refractivity contribution is 5.74. The molecule has 0 spiro atoms. The Balaban J connectivity index is 1.23. The first kappa shape index (κ1) is 19.3. The molecule has 2 unspecified atom stereocenters. The molecule has 7 nitrogen and oxygen atoms in total. The average molecular weight is 389 g/mol. The van der Waals surface area contributed by atoms with Gasteiger partial charge in [0, 0.05) is 50.8 Å². The van der Waals surface area contributed by atoms with Gasteiger partial charge < -0.3 is 25.0 Å². The maximum absolute atomic E-state index is 12.5. The van der Waals surface area contributed by atoms with Gasteiger partial charge in [-0.3, -0.25) is 4.90 Å². The largest absolute Gasteiger partial charge is 0.504 e. The predicted molar refractivity (Wildman–Crippen MR) is 108 cm³/mol. The molecule has 0 radical (unpaired) electrons. The zero-order chi connectivity index (χ0) is 19.7. The summed E-state index contributed by atoms with van der Waals surface area (Å²) >= 11 is 0. The third-order valence-electron chi connectivity index (χ3n) is 6.88. The van der Waals surface area contributed by atoms with Crippen molar-refractivity contribution in [2.45, 2.75) is 50.4 Å². The maximum atomic E-state index is 12.5. The van der Waals surface area contributed by atoms with Gasteiger partial charge in [-0.15, -0.1) is 0 Å². The summed E-state index contributed by atoms with van der Waals surface area (Å²) in [4.78, 5) is 19.6. The molecule has 2 N–H and O–H groups in total. The Bertz CT molecular complexity index is 691. The number of hydrogen-bond acceptors (Lipinski definition) is 5. The van der Waals surface area contributed by atoms with Gasteiger partial charge in [0.05, 0.1) is 7.11 Å². The molecule has 7 heteroatoms. The van der Waals surface area contributed by atoms with Crippen LogP contribution in [0.5, 0.6) is 11.5 Å². The van der Waals surface area contributed by atoms with Crippen LogP contribution < -0.4 is 10.1 Å². The van der Waals surface area contributed by atoms with E-state index in [4.69, 9.17) is 4.74 Å². The third kappa shape index (κ3) is 3.91. The minimum Gasteiger partial charge on any atom is -0.504 e. The van der Waals surface area contributed by atoms with Crippen molar-refractivity contribution in [2.75, 3.05) is 40.3 Å². The van der Waals surface area contributed by atoms with Crippen molar-refractivity contribution in [2.24, 2.45) is 0 Å². The number of ether oxygens (including phenoxy) is 1. The molecule has 3 saturated heterocycles.